The average Bonchev–Trinajstić information content (AvgIpc) is 2.24. The lowest BCUT2D eigenvalue weighted by Crippen LogP contribution is -2.64. The van der Waals surface area contributed by atoms with Gasteiger partial charge in [-0.15, -0.1) is 0 Å². The number of hydrogen-bond acceptors (Lipinski definition) is 1. The molecule has 0 aliphatic carbocycles. The Hall–Kier alpha value is -1.21. The van der Waals surface area contributed by atoms with Crippen LogP contribution in [0.2, 0.25) is 0 Å². The van der Waals surface area contributed by atoms with Crippen molar-refractivity contribution in [2.45, 2.75) is 36.2 Å². The van der Waals surface area contributed by atoms with E-state index in [1.807, 2.05) is 0 Å². The molecule has 0 saturated carbocycles. The monoisotopic (exact) mass is 361 g/mol. The Balaban J connectivity index is 6.06. The Labute approximate surface area is 112 Å². The van der Waals surface area contributed by atoms with Gasteiger partial charge in [0.25, 0.3) is 0 Å². The van der Waals surface area contributed by atoms with Crippen LogP contribution in [-0.2, 0) is 4.74 Å². The minimum Gasteiger partial charge on any atom is -0.264 e. The fourth-order valence-electron chi connectivity index (χ4n) is 0.828. The fraction of sp³-hybridized carbons (Fsp3) is 0.750. The van der Waals surface area contributed by atoms with Crippen LogP contribution in [0.4, 0.5) is 57.1 Å². The van der Waals surface area contributed by atoms with E-state index in [1.165, 1.54) is 0 Å². The smallest absolute Gasteiger partial charge is 0.264 e. The van der Waals surface area contributed by atoms with Gasteiger partial charge in [-0.1, -0.05) is 6.58 Å². The molecule has 0 aromatic heterocycles. The van der Waals surface area contributed by atoms with Crippen molar-refractivity contribution >= 4 is 0 Å². The Kier molecular flexibility index (Phi) is 4.88. The number of alkyl halides is 13. The third kappa shape index (κ3) is 3.10. The predicted octanol–water partition coefficient (Wildman–Crippen LogP) is 4.65. The van der Waals surface area contributed by atoms with Crippen molar-refractivity contribution in [1.82, 2.24) is 0 Å². The molecule has 1 radical (unpaired) electrons. The molecule has 14 heteroatoms. The zero-order valence-corrected chi connectivity index (χ0v) is 9.48. The van der Waals surface area contributed by atoms with Crippen molar-refractivity contribution in [1.29, 1.82) is 0 Å². The standard InChI is InChI=1S/C8H2F13O/c1-2-3(9,10)5(13,7(17,18)19)22-8(20,21)4(11,12)6(14,15)16/h1-2H. The first-order valence-corrected chi connectivity index (χ1v) is 4.49. The minimum atomic E-state index is -7.41. The van der Waals surface area contributed by atoms with Crippen LogP contribution in [0.5, 0.6) is 0 Å². The summed E-state index contributed by atoms with van der Waals surface area (Å²) in [6.45, 7) is 3.85. The normalized spacial score (nSPS) is 18.0. The Bertz CT molecular complexity index is 419. The third-order valence-corrected chi connectivity index (χ3v) is 1.99. The van der Waals surface area contributed by atoms with Crippen LogP contribution in [0, 0.1) is 6.58 Å². The molecule has 0 aromatic carbocycles. The lowest BCUT2D eigenvalue weighted by molar-refractivity contribution is -0.503. The van der Waals surface area contributed by atoms with E-state index in [4.69, 9.17) is 0 Å². The molecule has 1 unspecified atom stereocenters. The Morgan fingerprint density at radius 3 is 1.23 bits per heavy atom. The third-order valence-electron chi connectivity index (χ3n) is 1.99. The first-order valence-electron chi connectivity index (χ1n) is 4.49. The molecule has 0 N–H and O–H groups in total. The summed E-state index contributed by atoms with van der Waals surface area (Å²) in [5.74, 6) is -20.6. The van der Waals surface area contributed by atoms with Crippen LogP contribution in [0.1, 0.15) is 0 Å². The van der Waals surface area contributed by atoms with E-state index in [1.54, 1.807) is 4.74 Å². The molecule has 1 nitrogen and oxygen atoms in total. The van der Waals surface area contributed by atoms with Crippen molar-refractivity contribution in [3.05, 3.63) is 12.7 Å². The van der Waals surface area contributed by atoms with E-state index < -0.39 is 42.2 Å². The van der Waals surface area contributed by atoms with E-state index in [9.17, 15) is 57.1 Å². The second kappa shape index (κ2) is 5.16. The van der Waals surface area contributed by atoms with E-state index in [0.717, 1.165) is 0 Å². The van der Waals surface area contributed by atoms with Crippen LogP contribution in [0.3, 0.4) is 0 Å². The van der Waals surface area contributed by atoms with Gasteiger partial charge in [-0.3, -0.25) is 4.74 Å². The molecule has 22 heavy (non-hydrogen) atoms. The Morgan fingerprint density at radius 2 is 1.00 bits per heavy atom. The van der Waals surface area contributed by atoms with Gasteiger partial charge in [0.2, 0.25) is 0 Å². The van der Waals surface area contributed by atoms with Gasteiger partial charge in [0.05, 0.1) is 0 Å². The van der Waals surface area contributed by atoms with Crippen molar-refractivity contribution in [2.75, 3.05) is 0 Å². The second-order valence-corrected chi connectivity index (χ2v) is 3.57. The fourth-order valence-corrected chi connectivity index (χ4v) is 0.828. The zero-order valence-electron chi connectivity index (χ0n) is 9.48. The summed E-state index contributed by atoms with van der Waals surface area (Å²) < 4.78 is 161. The zero-order chi connectivity index (χ0) is 18.4. The molecule has 0 amide bonds. The molecule has 0 aliphatic rings. The van der Waals surface area contributed by atoms with Gasteiger partial charge in [-0.05, 0) is 6.08 Å². The molecule has 131 valence electrons. The largest absolute Gasteiger partial charge is 0.462 e. The van der Waals surface area contributed by atoms with Gasteiger partial charge < -0.3 is 0 Å². The van der Waals surface area contributed by atoms with E-state index in [2.05, 4.69) is 6.58 Å². The molecular formula is C8H2F13O. The highest BCUT2D eigenvalue weighted by atomic mass is 19.4. The second-order valence-electron chi connectivity index (χ2n) is 3.57. The summed E-state index contributed by atoms with van der Waals surface area (Å²) in [6.07, 6.45) is -23.2. The topological polar surface area (TPSA) is 9.23 Å². The molecule has 0 fully saturated rings. The Morgan fingerprint density at radius 1 is 0.636 bits per heavy atom. The highest BCUT2D eigenvalue weighted by molar-refractivity contribution is 5.03. The molecule has 0 rings (SSSR count). The quantitative estimate of drug-likeness (QED) is 0.648. The minimum absolute atomic E-state index is 1.50. The van der Waals surface area contributed by atoms with Gasteiger partial charge in [-0.25, -0.2) is 0 Å². The molecule has 0 bridgehead atoms. The average molecular weight is 361 g/mol. The molecule has 0 aliphatic heterocycles. The molecule has 0 heterocycles. The molecule has 1 atom stereocenters. The molecule has 0 spiro atoms. The molecule has 0 saturated heterocycles. The maximum absolute atomic E-state index is 13.1. The van der Waals surface area contributed by atoms with Crippen molar-refractivity contribution in [2.24, 2.45) is 0 Å². The number of ether oxygens (including phenoxy) is 1. The SMILES string of the molecule is [CH]=CC(F)(F)C(F)(OC(F)(F)C(F)(F)C(F)(F)F)C(F)(F)F. The van der Waals surface area contributed by atoms with Gasteiger partial charge >= 0.3 is 36.2 Å². The van der Waals surface area contributed by atoms with Gasteiger partial charge in [0.1, 0.15) is 0 Å². The first kappa shape index (κ1) is 20.8. The lowest BCUT2D eigenvalue weighted by atomic mass is 10.1. The maximum Gasteiger partial charge on any atom is 0.462 e. The summed E-state index contributed by atoms with van der Waals surface area (Å²) >= 11 is 0. The van der Waals surface area contributed by atoms with Gasteiger partial charge in [0.15, 0.2) is 0 Å². The molecule has 0 aromatic rings. The van der Waals surface area contributed by atoms with E-state index in [0.29, 0.717) is 0 Å². The van der Waals surface area contributed by atoms with Crippen LogP contribution in [-0.4, -0.2) is 36.2 Å². The number of halogens is 13. The summed E-state index contributed by atoms with van der Waals surface area (Å²) in [5.41, 5.74) is 0. The highest BCUT2D eigenvalue weighted by Gasteiger charge is 2.82. The van der Waals surface area contributed by atoms with Crippen LogP contribution in [0.15, 0.2) is 6.08 Å². The summed E-state index contributed by atoms with van der Waals surface area (Å²) in [4.78, 5) is 0. The lowest BCUT2D eigenvalue weighted by Gasteiger charge is -2.37. The highest BCUT2D eigenvalue weighted by Crippen LogP contribution is 2.54. The number of hydrogen-bond donors (Lipinski definition) is 0. The first-order chi connectivity index (χ1) is 9.27. The maximum atomic E-state index is 13.1. The number of rotatable bonds is 5. The van der Waals surface area contributed by atoms with Crippen molar-refractivity contribution < 1.29 is 61.8 Å². The van der Waals surface area contributed by atoms with Crippen molar-refractivity contribution in [3.63, 3.8) is 0 Å². The summed E-state index contributed by atoms with van der Waals surface area (Å²) in [6, 6.07) is 0. The van der Waals surface area contributed by atoms with E-state index >= 15 is 0 Å². The van der Waals surface area contributed by atoms with Gasteiger partial charge in [-0.2, -0.15) is 57.1 Å². The van der Waals surface area contributed by atoms with Gasteiger partial charge in [0, 0.05) is 0 Å². The van der Waals surface area contributed by atoms with Crippen LogP contribution in [0.25, 0.3) is 0 Å². The summed E-state index contributed by atoms with van der Waals surface area (Å²) in [5, 5.41) is 0. The molecular weight excluding hydrogens is 359 g/mol. The summed E-state index contributed by atoms with van der Waals surface area (Å²) in [7, 11) is 0. The van der Waals surface area contributed by atoms with Crippen LogP contribution < -0.4 is 0 Å². The van der Waals surface area contributed by atoms with Crippen LogP contribution >= 0.6 is 0 Å². The van der Waals surface area contributed by atoms with E-state index in [-0.39, 0.29) is 0 Å². The predicted molar refractivity (Wildman–Crippen MR) is 40.7 cm³/mol. The van der Waals surface area contributed by atoms with Crippen molar-refractivity contribution in [3.8, 4) is 0 Å².